The van der Waals surface area contributed by atoms with Crippen LogP contribution in [0.15, 0.2) is 73.1 Å². The zero-order valence-corrected chi connectivity index (χ0v) is 20.9. The number of carboxylic acids is 1. The van der Waals surface area contributed by atoms with Gasteiger partial charge in [0, 0.05) is 23.7 Å². The van der Waals surface area contributed by atoms with Gasteiger partial charge in [-0.25, -0.2) is 19.7 Å². The molecule has 10 heteroatoms. The molecule has 1 unspecified atom stereocenters. The lowest BCUT2D eigenvalue weighted by Crippen LogP contribution is -2.32. The normalized spacial score (nSPS) is 13.8. The third kappa shape index (κ3) is 6.17. The van der Waals surface area contributed by atoms with Crippen molar-refractivity contribution in [2.24, 2.45) is 0 Å². The minimum Gasteiger partial charge on any atom is -0.480 e. The molecular weight excluding hydrogens is 507 g/mol. The van der Waals surface area contributed by atoms with Gasteiger partial charge in [-0.05, 0) is 60.6 Å². The van der Waals surface area contributed by atoms with Gasteiger partial charge in [0.2, 0.25) is 0 Å². The molecule has 0 saturated carbocycles. The molecular formula is C29H26F3N5O2. The number of aliphatic carboxylic acids is 1. The molecule has 0 saturated heterocycles. The number of carbonyl (C=O) groups is 1. The SMILES string of the molecule is O=C(O)C(Cc1ccccc1)Nc1nc(C(F)(F)F)ccc1-c1cc(Nc2cccc3c2CCCC3)ncn1. The van der Waals surface area contributed by atoms with Crippen molar-refractivity contribution in [3.05, 3.63) is 95.4 Å². The van der Waals surface area contributed by atoms with E-state index in [0.717, 1.165) is 37.4 Å². The van der Waals surface area contributed by atoms with Crippen molar-refractivity contribution in [2.45, 2.75) is 44.3 Å². The summed E-state index contributed by atoms with van der Waals surface area (Å²) in [5, 5.41) is 15.9. The maximum Gasteiger partial charge on any atom is 0.433 e. The first kappa shape index (κ1) is 26.1. The molecule has 2 aromatic heterocycles. The number of nitrogens with one attached hydrogen (secondary N) is 2. The Kier molecular flexibility index (Phi) is 7.44. The minimum absolute atomic E-state index is 0.0449. The van der Waals surface area contributed by atoms with Gasteiger partial charge in [0.15, 0.2) is 0 Å². The average molecular weight is 534 g/mol. The molecule has 0 amide bonds. The van der Waals surface area contributed by atoms with E-state index in [0.29, 0.717) is 17.1 Å². The van der Waals surface area contributed by atoms with Crippen LogP contribution in [0, 0.1) is 0 Å². The predicted molar refractivity (Wildman–Crippen MR) is 142 cm³/mol. The van der Waals surface area contributed by atoms with Gasteiger partial charge in [0.25, 0.3) is 0 Å². The van der Waals surface area contributed by atoms with Crippen molar-refractivity contribution < 1.29 is 23.1 Å². The number of alkyl halides is 3. The topological polar surface area (TPSA) is 100 Å². The van der Waals surface area contributed by atoms with Crippen LogP contribution in [-0.2, 0) is 30.2 Å². The fraction of sp³-hybridized carbons (Fsp3) is 0.241. The zero-order valence-electron chi connectivity index (χ0n) is 20.9. The molecule has 0 radical (unpaired) electrons. The van der Waals surface area contributed by atoms with Gasteiger partial charge < -0.3 is 15.7 Å². The molecule has 3 N–H and O–H groups in total. The molecule has 0 fully saturated rings. The van der Waals surface area contributed by atoms with Gasteiger partial charge in [-0.3, -0.25) is 0 Å². The number of carboxylic acid groups (broad SMARTS) is 1. The van der Waals surface area contributed by atoms with Gasteiger partial charge in [-0.1, -0.05) is 42.5 Å². The highest BCUT2D eigenvalue weighted by Gasteiger charge is 2.34. The number of benzene rings is 2. The number of halogens is 3. The van der Waals surface area contributed by atoms with E-state index in [9.17, 15) is 23.1 Å². The van der Waals surface area contributed by atoms with Crippen LogP contribution in [0.2, 0.25) is 0 Å². The maximum absolute atomic E-state index is 13.5. The molecule has 1 atom stereocenters. The van der Waals surface area contributed by atoms with Crippen molar-refractivity contribution in [3.8, 4) is 11.3 Å². The summed E-state index contributed by atoms with van der Waals surface area (Å²) in [4.78, 5) is 24.4. The van der Waals surface area contributed by atoms with Crippen molar-refractivity contribution >= 4 is 23.3 Å². The maximum atomic E-state index is 13.5. The van der Waals surface area contributed by atoms with E-state index >= 15 is 0 Å². The lowest BCUT2D eigenvalue weighted by Gasteiger charge is -2.20. The van der Waals surface area contributed by atoms with E-state index < -0.39 is 23.9 Å². The third-order valence-corrected chi connectivity index (χ3v) is 6.68. The predicted octanol–water partition coefficient (Wildman–Crippen LogP) is 6.29. The molecule has 2 heterocycles. The standard InChI is InChI=1S/C29H26F3N5O2/c30-29(31,32)25-14-13-21(27(37-25)36-24(28(38)39)15-18-7-2-1-3-8-18)23-16-26(34-17-33-23)35-22-12-6-10-19-9-4-5-11-20(19)22/h1-3,6-8,10,12-14,16-17,24H,4-5,9,11,15H2,(H,36,37)(H,38,39)(H,33,34,35). The molecule has 1 aliphatic rings. The molecule has 200 valence electrons. The molecule has 2 aromatic carbocycles. The Morgan fingerprint density at radius 2 is 1.77 bits per heavy atom. The van der Waals surface area contributed by atoms with Crippen LogP contribution < -0.4 is 10.6 Å². The number of rotatable bonds is 8. The van der Waals surface area contributed by atoms with Crippen LogP contribution in [0.25, 0.3) is 11.3 Å². The average Bonchev–Trinajstić information content (AvgIpc) is 2.93. The molecule has 5 rings (SSSR count). The van der Waals surface area contributed by atoms with Crippen LogP contribution in [0.4, 0.5) is 30.5 Å². The van der Waals surface area contributed by atoms with Crippen LogP contribution in [0.3, 0.4) is 0 Å². The summed E-state index contributed by atoms with van der Waals surface area (Å²) < 4.78 is 40.6. The Morgan fingerprint density at radius 1 is 0.974 bits per heavy atom. The monoisotopic (exact) mass is 533 g/mol. The summed E-state index contributed by atoms with van der Waals surface area (Å²) in [6, 6.07) is 17.4. The minimum atomic E-state index is -4.71. The van der Waals surface area contributed by atoms with Gasteiger partial charge in [0.1, 0.15) is 29.7 Å². The summed E-state index contributed by atoms with van der Waals surface area (Å²) >= 11 is 0. The van der Waals surface area contributed by atoms with E-state index in [-0.39, 0.29) is 17.8 Å². The Morgan fingerprint density at radius 3 is 2.54 bits per heavy atom. The Hall–Kier alpha value is -4.47. The molecule has 1 aliphatic carbocycles. The van der Waals surface area contributed by atoms with Gasteiger partial charge in [-0.2, -0.15) is 13.2 Å². The number of anilines is 3. The third-order valence-electron chi connectivity index (χ3n) is 6.68. The van der Waals surface area contributed by atoms with Gasteiger partial charge in [0.05, 0.1) is 5.69 Å². The van der Waals surface area contributed by atoms with Crippen LogP contribution in [0.5, 0.6) is 0 Å². The second-order valence-electron chi connectivity index (χ2n) is 9.38. The number of hydrogen-bond acceptors (Lipinski definition) is 6. The lowest BCUT2D eigenvalue weighted by atomic mass is 9.90. The van der Waals surface area contributed by atoms with Crippen LogP contribution >= 0.6 is 0 Å². The van der Waals surface area contributed by atoms with E-state index in [4.69, 9.17) is 0 Å². The van der Waals surface area contributed by atoms with Crippen LogP contribution in [0.1, 0.15) is 35.2 Å². The number of nitrogens with zero attached hydrogens (tertiary/aromatic N) is 3. The summed E-state index contributed by atoms with van der Waals surface area (Å²) in [6.45, 7) is 0. The first-order valence-corrected chi connectivity index (χ1v) is 12.6. The second kappa shape index (κ2) is 11.1. The molecule has 0 spiro atoms. The summed E-state index contributed by atoms with van der Waals surface area (Å²) in [5.41, 5.74) is 3.54. The zero-order chi connectivity index (χ0) is 27.4. The van der Waals surface area contributed by atoms with Gasteiger partial charge >= 0.3 is 12.1 Å². The number of fused-ring (bicyclic) bond motifs is 1. The highest BCUT2D eigenvalue weighted by Crippen LogP contribution is 2.34. The quantitative estimate of drug-likeness (QED) is 0.245. The van der Waals surface area contributed by atoms with Crippen LogP contribution in [-0.4, -0.2) is 32.1 Å². The van der Waals surface area contributed by atoms with Gasteiger partial charge in [-0.15, -0.1) is 0 Å². The van der Waals surface area contributed by atoms with Crippen molar-refractivity contribution in [1.82, 2.24) is 15.0 Å². The number of aryl methyl sites for hydroxylation is 1. The smallest absolute Gasteiger partial charge is 0.433 e. The lowest BCUT2D eigenvalue weighted by molar-refractivity contribution is -0.141. The van der Waals surface area contributed by atoms with Crippen molar-refractivity contribution in [1.29, 1.82) is 0 Å². The van der Waals surface area contributed by atoms with E-state index in [1.54, 1.807) is 36.4 Å². The highest BCUT2D eigenvalue weighted by atomic mass is 19.4. The number of pyridine rings is 1. The summed E-state index contributed by atoms with van der Waals surface area (Å²) in [5.74, 6) is -0.985. The molecule has 39 heavy (non-hydrogen) atoms. The fourth-order valence-electron chi connectivity index (χ4n) is 4.76. The molecule has 0 aliphatic heterocycles. The number of hydrogen-bond donors (Lipinski definition) is 3. The molecule has 7 nitrogen and oxygen atoms in total. The highest BCUT2D eigenvalue weighted by molar-refractivity contribution is 5.81. The first-order chi connectivity index (χ1) is 18.8. The number of aromatic nitrogens is 3. The van der Waals surface area contributed by atoms with Crippen molar-refractivity contribution in [3.63, 3.8) is 0 Å². The summed E-state index contributed by atoms with van der Waals surface area (Å²) in [7, 11) is 0. The fourth-order valence-corrected chi connectivity index (χ4v) is 4.76. The first-order valence-electron chi connectivity index (χ1n) is 12.6. The molecule has 0 bridgehead atoms. The Balaban J connectivity index is 1.49. The second-order valence-corrected chi connectivity index (χ2v) is 9.38. The van der Waals surface area contributed by atoms with E-state index in [1.165, 1.54) is 23.5 Å². The van der Waals surface area contributed by atoms with Crippen molar-refractivity contribution in [2.75, 3.05) is 10.6 Å². The van der Waals surface area contributed by atoms with E-state index in [1.807, 2.05) is 12.1 Å². The Bertz CT molecular complexity index is 1480. The Labute approximate surface area is 223 Å². The largest absolute Gasteiger partial charge is 0.480 e. The summed E-state index contributed by atoms with van der Waals surface area (Å²) in [6.07, 6.45) is 0.854. The molecule has 4 aromatic rings. The van der Waals surface area contributed by atoms with E-state index in [2.05, 4.69) is 31.7 Å².